The smallest absolute Gasteiger partial charge is 0.330 e. The average Bonchev–Trinajstić information content (AvgIpc) is 3.15. The summed E-state index contributed by atoms with van der Waals surface area (Å²) in [6.07, 6.45) is 1.14. The van der Waals surface area contributed by atoms with Gasteiger partial charge >= 0.3 is 5.97 Å². The van der Waals surface area contributed by atoms with E-state index in [4.69, 9.17) is 14.2 Å². The minimum atomic E-state index is -0.631. The first-order valence-corrected chi connectivity index (χ1v) is 9.51. The fourth-order valence-corrected chi connectivity index (χ4v) is 5.15. The van der Waals surface area contributed by atoms with Gasteiger partial charge in [0.25, 0.3) is 5.69 Å². The number of hydrogen-bond donors (Lipinski definition) is 0. The second kappa shape index (κ2) is 6.68. The third-order valence-electron chi connectivity index (χ3n) is 5.07. The van der Waals surface area contributed by atoms with Gasteiger partial charge in [0.05, 0.1) is 16.4 Å². The van der Waals surface area contributed by atoms with E-state index in [1.54, 1.807) is 16.7 Å². The Morgan fingerprint density at radius 3 is 3.11 bits per heavy atom. The zero-order chi connectivity index (χ0) is 19.2. The Bertz CT molecular complexity index is 830. The Morgan fingerprint density at radius 2 is 2.33 bits per heavy atom. The summed E-state index contributed by atoms with van der Waals surface area (Å²) in [5.74, 6) is 0.382. The average molecular weight is 394 g/mol. The molecule has 1 amide bonds. The molecular formula is C17H18N2O7S. The van der Waals surface area contributed by atoms with Crippen molar-refractivity contribution < 1.29 is 28.7 Å². The third kappa shape index (κ3) is 3.12. The summed E-state index contributed by atoms with van der Waals surface area (Å²) in [6.45, 7) is 2.02. The number of non-ortho nitro benzene ring substituents is 1. The molecule has 27 heavy (non-hydrogen) atoms. The van der Waals surface area contributed by atoms with E-state index in [-0.39, 0.29) is 36.5 Å². The lowest BCUT2D eigenvalue weighted by Gasteiger charge is -2.29. The van der Waals surface area contributed by atoms with Gasteiger partial charge < -0.3 is 19.1 Å². The van der Waals surface area contributed by atoms with Crippen LogP contribution in [0.15, 0.2) is 12.1 Å². The van der Waals surface area contributed by atoms with E-state index in [1.807, 2.05) is 6.92 Å². The summed E-state index contributed by atoms with van der Waals surface area (Å²) in [4.78, 5) is 36.7. The van der Waals surface area contributed by atoms with Crippen molar-refractivity contribution in [3.8, 4) is 5.75 Å². The molecule has 0 aliphatic carbocycles. The lowest BCUT2D eigenvalue weighted by atomic mass is 10.1. The predicted molar refractivity (Wildman–Crippen MR) is 93.9 cm³/mol. The zero-order valence-electron chi connectivity index (χ0n) is 14.6. The van der Waals surface area contributed by atoms with Crippen LogP contribution in [0.3, 0.4) is 0 Å². The predicted octanol–water partition coefficient (Wildman–Crippen LogP) is 1.96. The number of benzene rings is 1. The number of hydrogen-bond acceptors (Lipinski definition) is 8. The molecule has 4 rings (SSSR count). The quantitative estimate of drug-likeness (QED) is 0.433. The summed E-state index contributed by atoms with van der Waals surface area (Å²) in [5, 5.41) is 11.2. The first kappa shape index (κ1) is 18.1. The lowest BCUT2D eigenvalue weighted by molar-refractivity contribution is -0.385. The van der Waals surface area contributed by atoms with Crippen LogP contribution in [0.2, 0.25) is 0 Å². The van der Waals surface area contributed by atoms with Gasteiger partial charge in [0.15, 0.2) is 6.79 Å². The van der Waals surface area contributed by atoms with Gasteiger partial charge in [-0.3, -0.25) is 14.9 Å². The van der Waals surface area contributed by atoms with Crippen LogP contribution in [-0.4, -0.2) is 45.2 Å². The topological polar surface area (TPSA) is 108 Å². The molecule has 3 aliphatic heterocycles. The maximum atomic E-state index is 12.6. The molecule has 1 aromatic rings. The highest BCUT2D eigenvalue weighted by Crippen LogP contribution is 2.47. The standard InChI is InChI=1S/C17H18N2O7S/c1-17-3-2-14(20)18(17)13(8-27-17)16(21)25-7-11-5-12(19(22)23)4-10-6-24-9-26-15(10)11/h4-5,13H,2-3,6-9H2,1H3/t13-,17-/m0/s1. The van der Waals surface area contributed by atoms with Gasteiger partial charge in [0.2, 0.25) is 5.91 Å². The third-order valence-corrected chi connectivity index (χ3v) is 6.57. The van der Waals surface area contributed by atoms with E-state index in [0.717, 1.165) is 0 Å². The minimum Gasteiger partial charge on any atom is -0.467 e. The number of rotatable bonds is 4. The molecule has 3 heterocycles. The summed E-state index contributed by atoms with van der Waals surface area (Å²) in [5.41, 5.74) is 0.838. The second-order valence-electron chi connectivity index (χ2n) is 6.83. The minimum absolute atomic E-state index is 0.0334. The fraction of sp³-hybridized carbons (Fsp3) is 0.529. The zero-order valence-corrected chi connectivity index (χ0v) is 15.5. The van der Waals surface area contributed by atoms with Gasteiger partial charge in [0, 0.05) is 35.4 Å². The number of carbonyl (C=O) groups is 2. The highest BCUT2D eigenvalue weighted by molar-refractivity contribution is 8.01. The van der Waals surface area contributed by atoms with Crippen LogP contribution in [0.5, 0.6) is 5.75 Å². The van der Waals surface area contributed by atoms with Gasteiger partial charge in [-0.25, -0.2) is 4.79 Å². The molecule has 1 aromatic carbocycles. The number of amides is 1. The summed E-state index contributed by atoms with van der Waals surface area (Å²) < 4.78 is 16.0. The summed E-state index contributed by atoms with van der Waals surface area (Å²) in [7, 11) is 0. The van der Waals surface area contributed by atoms with Crippen LogP contribution in [0.4, 0.5) is 5.69 Å². The molecule has 10 heteroatoms. The number of nitrogens with zero attached hydrogens (tertiary/aromatic N) is 2. The molecule has 0 saturated carbocycles. The first-order valence-electron chi connectivity index (χ1n) is 8.52. The number of ether oxygens (including phenoxy) is 3. The van der Waals surface area contributed by atoms with Crippen molar-refractivity contribution in [2.24, 2.45) is 0 Å². The number of nitro groups is 1. The van der Waals surface area contributed by atoms with E-state index >= 15 is 0 Å². The van der Waals surface area contributed by atoms with Crippen molar-refractivity contribution in [2.45, 2.75) is 43.9 Å². The molecule has 9 nitrogen and oxygen atoms in total. The Morgan fingerprint density at radius 1 is 1.52 bits per heavy atom. The molecular weight excluding hydrogens is 376 g/mol. The van der Waals surface area contributed by atoms with Crippen molar-refractivity contribution >= 4 is 29.3 Å². The van der Waals surface area contributed by atoms with Crippen LogP contribution in [0.25, 0.3) is 0 Å². The van der Waals surface area contributed by atoms with Crippen LogP contribution >= 0.6 is 11.8 Å². The van der Waals surface area contributed by atoms with Crippen LogP contribution in [0, 0.1) is 10.1 Å². The van der Waals surface area contributed by atoms with Crippen molar-refractivity contribution in [1.29, 1.82) is 0 Å². The Labute approximate surface area is 159 Å². The van der Waals surface area contributed by atoms with Crippen LogP contribution in [0.1, 0.15) is 30.9 Å². The van der Waals surface area contributed by atoms with E-state index in [1.165, 1.54) is 12.1 Å². The molecule has 2 saturated heterocycles. The van der Waals surface area contributed by atoms with E-state index in [2.05, 4.69) is 0 Å². The summed E-state index contributed by atoms with van der Waals surface area (Å²) in [6, 6.07) is 2.10. The largest absolute Gasteiger partial charge is 0.467 e. The molecule has 3 aliphatic rings. The van der Waals surface area contributed by atoms with Gasteiger partial charge in [-0.1, -0.05) is 0 Å². The number of nitro benzene ring substituents is 1. The molecule has 0 bridgehead atoms. The van der Waals surface area contributed by atoms with Crippen molar-refractivity contribution in [1.82, 2.24) is 4.90 Å². The van der Waals surface area contributed by atoms with E-state index in [9.17, 15) is 19.7 Å². The Kier molecular flexibility index (Phi) is 4.47. The summed E-state index contributed by atoms with van der Waals surface area (Å²) >= 11 is 1.58. The number of thioether (sulfide) groups is 1. The van der Waals surface area contributed by atoms with Crippen molar-refractivity contribution in [3.63, 3.8) is 0 Å². The number of carbonyl (C=O) groups excluding carboxylic acids is 2. The van der Waals surface area contributed by atoms with E-state index in [0.29, 0.717) is 35.5 Å². The SMILES string of the molecule is C[C@]12CCC(=O)N1[C@H](C(=O)OCc1cc([N+](=O)[O-])cc3c1OCOC3)CS2. The second-order valence-corrected chi connectivity index (χ2v) is 8.34. The van der Waals surface area contributed by atoms with Gasteiger partial charge in [0.1, 0.15) is 18.4 Å². The number of fused-ring (bicyclic) bond motifs is 2. The highest BCUT2D eigenvalue weighted by Gasteiger charge is 2.53. The van der Waals surface area contributed by atoms with Crippen LogP contribution in [-0.2, 0) is 32.3 Å². The Hall–Kier alpha value is -2.33. The maximum Gasteiger partial charge on any atom is 0.330 e. The fourth-order valence-electron chi connectivity index (χ4n) is 3.73. The molecule has 0 radical (unpaired) electrons. The molecule has 0 unspecified atom stereocenters. The molecule has 0 spiro atoms. The van der Waals surface area contributed by atoms with Gasteiger partial charge in [-0.15, -0.1) is 11.8 Å². The van der Waals surface area contributed by atoms with Crippen molar-refractivity contribution in [3.05, 3.63) is 33.4 Å². The van der Waals surface area contributed by atoms with Crippen molar-refractivity contribution in [2.75, 3.05) is 12.5 Å². The highest BCUT2D eigenvalue weighted by atomic mass is 32.2. The molecule has 144 valence electrons. The first-order chi connectivity index (χ1) is 12.9. The monoisotopic (exact) mass is 394 g/mol. The maximum absolute atomic E-state index is 12.6. The normalized spacial score (nSPS) is 26.3. The van der Waals surface area contributed by atoms with Gasteiger partial charge in [-0.2, -0.15) is 0 Å². The number of esters is 1. The molecule has 0 aromatic heterocycles. The van der Waals surface area contributed by atoms with Crippen LogP contribution < -0.4 is 4.74 Å². The molecule has 2 fully saturated rings. The molecule has 2 atom stereocenters. The lowest BCUT2D eigenvalue weighted by Crippen LogP contribution is -2.46. The Balaban J connectivity index is 1.52. The molecule has 0 N–H and O–H groups in total. The van der Waals surface area contributed by atoms with Gasteiger partial charge in [-0.05, 0) is 13.3 Å². The van der Waals surface area contributed by atoms with E-state index < -0.39 is 16.9 Å².